The molecule has 1 aliphatic carbocycles. The molecule has 0 amide bonds. The van der Waals surface area contributed by atoms with Crippen LogP contribution < -0.4 is 0 Å². The van der Waals surface area contributed by atoms with Crippen molar-refractivity contribution < 1.29 is 5.11 Å². The monoisotopic (exact) mass is 203 g/mol. The van der Waals surface area contributed by atoms with Crippen LogP contribution in [-0.4, -0.2) is 10.7 Å². The molecule has 1 saturated carbocycles. The van der Waals surface area contributed by atoms with Gasteiger partial charge in [-0.25, -0.2) is 0 Å². The van der Waals surface area contributed by atoms with Crippen molar-refractivity contribution in [3.05, 3.63) is 42.8 Å². The average Bonchev–Trinajstić information content (AvgIpc) is 2.31. The molecule has 15 heavy (non-hydrogen) atoms. The zero-order valence-electron chi connectivity index (χ0n) is 9.15. The molecule has 1 N–H and O–H groups in total. The Balaban J connectivity index is 2.00. The fraction of sp³-hybridized carbons (Fsp3) is 0.500. The first kappa shape index (κ1) is 10.7. The van der Waals surface area contributed by atoms with E-state index in [2.05, 4.69) is 37.3 Å². The summed E-state index contributed by atoms with van der Waals surface area (Å²) in [5.41, 5.74) is 0.939. The first-order valence-corrected chi connectivity index (χ1v) is 5.80. The van der Waals surface area contributed by atoms with Crippen molar-refractivity contribution in [3.8, 4) is 0 Å². The average molecular weight is 203 g/mol. The molecule has 0 aliphatic heterocycles. The maximum absolute atomic E-state index is 10.1. The van der Waals surface area contributed by atoms with Crippen molar-refractivity contribution >= 4 is 0 Å². The number of benzene rings is 1. The summed E-state index contributed by atoms with van der Waals surface area (Å²) in [5, 5.41) is 10.1. The Morgan fingerprint density at radius 1 is 1.20 bits per heavy atom. The molecular formula is C14H19O. The predicted octanol–water partition coefficient (Wildman–Crippen LogP) is 3.30. The van der Waals surface area contributed by atoms with E-state index < -0.39 is 5.60 Å². The molecule has 0 unspecified atom stereocenters. The van der Waals surface area contributed by atoms with Crippen LogP contribution >= 0.6 is 0 Å². The first-order valence-electron chi connectivity index (χ1n) is 5.80. The summed E-state index contributed by atoms with van der Waals surface area (Å²) in [6.07, 6.45) is 4.63. The van der Waals surface area contributed by atoms with Gasteiger partial charge in [0.1, 0.15) is 0 Å². The lowest BCUT2D eigenvalue weighted by Crippen LogP contribution is -2.32. The Morgan fingerprint density at radius 2 is 1.80 bits per heavy atom. The van der Waals surface area contributed by atoms with E-state index in [4.69, 9.17) is 0 Å². The Labute approximate surface area is 92.1 Å². The zero-order valence-corrected chi connectivity index (χ0v) is 9.15. The minimum atomic E-state index is -0.481. The van der Waals surface area contributed by atoms with E-state index in [-0.39, 0.29) is 0 Å². The van der Waals surface area contributed by atoms with Gasteiger partial charge in [0.05, 0.1) is 5.60 Å². The van der Waals surface area contributed by atoms with Gasteiger partial charge in [-0.2, -0.15) is 0 Å². The SMILES string of the molecule is [CH2]CC1(O)CCC(c2ccccc2)CC1. The van der Waals surface area contributed by atoms with E-state index in [1.165, 1.54) is 5.56 Å². The Bertz CT molecular complexity index is 296. The molecule has 0 bridgehead atoms. The second kappa shape index (κ2) is 4.36. The smallest absolute Gasteiger partial charge is 0.0648 e. The second-order valence-electron chi connectivity index (χ2n) is 4.66. The summed E-state index contributed by atoms with van der Waals surface area (Å²) < 4.78 is 0. The minimum absolute atomic E-state index is 0.481. The zero-order chi connectivity index (χ0) is 10.7. The molecular weight excluding hydrogens is 184 g/mol. The van der Waals surface area contributed by atoms with Crippen LogP contribution in [0, 0.1) is 6.92 Å². The normalized spacial score (nSPS) is 31.5. The quantitative estimate of drug-likeness (QED) is 0.782. The van der Waals surface area contributed by atoms with E-state index >= 15 is 0 Å². The third-order valence-electron chi connectivity index (χ3n) is 3.65. The van der Waals surface area contributed by atoms with E-state index in [9.17, 15) is 5.11 Å². The first-order chi connectivity index (χ1) is 7.23. The fourth-order valence-corrected chi connectivity index (χ4v) is 2.46. The molecule has 1 aromatic rings. The molecule has 0 saturated heterocycles. The Kier molecular flexibility index (Phi) is 3.11. The molecule has 0 aromatic heterocycles. The molecule has 0 spiro atoms. The number of rotatable bonds is 2. The summed E-state index contributed by atoms with van der Waals surface area (Å²) in [4.78, 5) is 0. The lowest BCUT2D eigenvalue weighted by atomic mass is 9.75. The molecule has 2 rings (SSSR count). The Morgan fingerprint density at radius 3 is 2.33 bits per heavy atom. The molecule has 0 heterocycles. The third kappa shape index (κ3) is 2.40. The van der Waals surface area contributed by atoms with Crippen molar-refractivity contribution in [3.63, 3.8) is 0 Å². The third-order valence-corrected chi connectivity index (χ3v) is 3.65. The summed E-state index contributed by atoms with van der Waals surface area (Å²) in [6, 6.07) is 10.6. The number of hydrogen-bond donors (Lipinski definition) is 1. The Hall–Kier alpha value is -0.820. The molecule has 1 heteroatoms. The van der Waals surface area contributed by atoms with Gasteiger partial charge in [-0.1, -0.05) is 37.3 Å². The summed E-state index contributed by atoms with van der Waals surface area (Å²) in [7, 11) is 0. The second-order valence-corrected chi connectivity index (χ2v) is 4.66. The minimum Gasteiger partial charge on any atom is -0.390 e. The van der Waals surface area contributed by atoms with E-state index in [1.54, 1.807) is 0 Å². The van der Waals surface area contributed by atoms with Crippen LogP contribution in [-0.2, 0) is 0 Å². The topological polar surface area (TPSA) is 20.2 Å². The number of aliphatic hydroxyl groups is 1. The van der Waals surface area contributed by atoms with Crippen molar-refractivity contribution in [2.75, 3.05) is 0 Å². The van der Waals surface area contributed by atoms with Gasteiger partial charge >= 0.3 is 0 Å². The highest BCUT2D eigenvalue weighted by Crippen LogP contribution is 2.39. The lowest BCUT2D eigenvalue weighted by molar-refractivity contribution is 0.00133. The van der Waals surface area contributed by atoms with Crippen LogP contribution in [0.3, 0.4) is 0 Å². The molecule has 1 nitrogen and oxygen atoms in total. The van der Waals surface area contributed by atoms with Crippen LogP contribution in [0.1, 0.15) is 43.6 Å². The van der Waals surface area contributed by atoms with Gasteiger partial charge in [-0.3, -0.25) is 0 Å². The largest absolute Gasteiger partial charge is 0.390 e. The van der Waals surface area contributed by atoms with E-state index in [0.29, 0.717) is 12.3 Å². The van der Waals surface area contributed by atoms with Gasteiger partial charge in [0.15, 0.2) is 0 Å². The lowest BCUT2D eigenvalue weighted by Gasteiger charge is -2.35. The van der Waals surface area contributed by atoms with Crippen molar-refractivity contribution in [2.45, 2.75) is 43.6 Å². The molecule has 1 aliphatic rings. The van der Waals surface area contributed by atoms with Crippen LogP contribution in [0.25, 0.3) is 0 Å². The standard InChI is InChI=1S/C14H19O/c1-2-14(15)10-8-13(9-11-14)12-6-4-3-5-7-12/h3-7,13,15H,1-2,8-11H2. The summed E-state index contributed by atoms with van der Waals surface area (Å²) in [5.74, 6) is 0.637. The van der Waals surface area contributed by atoms with Gasteiger partial charge in [-0.15, -0.1) is 0 Å². The molecule has 81 valence electrons. The maximum atomic E-state index is 10.1. The van der Waals surface area contributed by atoms with Gasteiger partial charge in [0.25, 0.3) is 0 Å². The van der Waals surface area contributed by atoms with Gasteiger partial charge in [0.2, 0.25) is 0 Å². The van der Waals surface area contributed by atoms with Crippen molar-refractivity contribution in [1.82, 2.24) is 0 Å². The highest BCUT2D eigenvalue weighted by molar-refractivity contribution is 5.20. The van der Waals surface area contributed by atoms with Crippen LogP contribution in [0.4, 0.5) is 0 Å². The predicted molar refractivity (Wildman–Crippen MR) is 62.6 cm³/mol. The van der Waals surface area contributed by atoms with Crippen LogP contribution in [0.15, 0.2) is 30.3 Å². The summed E-state index contributed by atoms with van der Waals surface area (Å²) >= 11 is 0. The van der Waals surface area contributed by atoms with Gasteiger partial charge < -0.3 is 5.11 Å². The molecule has 0 atom stereocenters. The van der Waals surface area contributed by atoms with E-state index in [1.807, 2.05) is 0 Å². The van der Waals surface area contributed by atoms with E-state index in [0.717, 1.165) is 25.7 Å². The van der Waals surface area contributed by atoms with Crippen LogP contribution in [0.2, 0.25) is 0 Å². The molecule has 1 radical (unpaired) electrons. The summed E-state index contributed by atoms with van der Waals surface area (Å²) in [6.45, 7) is 3.83. The van der Waals surface area contributed by atoms with Crippen LogP contribution in [0.5, 0.6) is 0 Å². The maximum Gasteiger partial charge on any atom is 0.0648 e. The molecule has 1 aromatic carbocycles. The fourth-order valence-electron chi connectivity index (χ4n) is 2.46. The van der Waals surface area contributed by atoms with Crippen molar-refractivity contribution in [2.24, 2.45) is 0 Å². The van der Waals surface area contributed by atoms with Gasteiger partial charge in [0, 0.05) is 0 Å². The number of hydrogen-bond acceptors (Lipinski definition) is 1. The van der Waals surface area contributed by atoms with Crippen molar-refractivity contribution in [1.29, 1.82) is 0 Å². The molecule has 1 fully saturated rings. The highest BCUT2D eigenvalue weighted by Gasteiger charge is 2.31. The van der Waals surface area contributed by atoms with Gasteiger partial charge in [-0.05, 0) is 43.6 Å². The highest BCUT2D eigenvalue weighted by atomic mass is 16.3.